The number of nitrogens with zero attached hydrogens (tertiary/aromatic N) is 2. The van der Waals surface area contributed by atoms with Crippen molar-refractivity contribution in [2.45, 2.75) is 6.92 Å². The minimum atomic E-state index is -0.530. The lowest BCUT2D eigenvalue weighted by molar-refractivity contribution is -0.386. The van der Waals surface area contributed by atoms with Crippen LogP contribution >= 0.6 is 0 Å². The number of nitro groups is 1. The van der Waals surface area contributed by atoms with Crippen LogP contribution in [0.4, 0.5) is 5.69 Å². The van der Waals surface area contributed by atoms with Crippen LogP contribution < -0.4 is 14.2 Å². The fourth-order valence-electron chi connectivity index (χ4n) is 2.06. The molecule has 23 heavy (non-hydrogen) atoms. The molecule has 0 N–H and O–H groups in total. The first kappa shape index (κ1) is 16.3. The number of ether oxygens (including phenoxy) is 3. The summed E-state index contributed by atoms with van der Waals surface area (Å²) < 4.78 is 20.7. The summed E-state index contributed by atoms with van der Waals surface area (Å²) in [6.45, 7) is 1.51. The van der Waals surface area contributed by atoms with E-state index in [0.29, 0.717) is 22.8 Å². The van der Waals surface area contributed by atoms with Gasteiger partial charge in [-0.05, 0) is 25.1 Å². The van der Waals surface area contributed by atoms with Gasteiger partial charge in [-0.25, -0.2) is 0 Å². The first-order valence-electron chi connectivity index (χ1n) is 6.60. The van der Waals surface area contributed by atoms with Gasteiger partial charge in [-0.15, -0.1) is 0 Å². The van der Waals surface area contributed by atoms with Gasteiger partial charge in [-0.2, -0.15) is 0 Å². The molecule has 8 heteroatoms. The van der Waals surface area contributed by atoms with E-state index in [0.717, 1.165) is 0 Å². The molecular weight excluding hydrogens is 304 g/mol. The quantitative estimate of drug-likeness (QED) is 0.596. The zero-order valence-corrected chi connectivity index (χ0v) is 13.2. The molecule has 0 aliphatic rings. The van der Waals surface area contributed by atoms with Gasteiger partial charge in [0.2, 0.25) is 5.76 Å². The predicted octanol–water partition coefficient (Wildman–Crippen LogP) is 3.09. The van der Waals surface area contributed by atoms with Crippen LogP contribution in [0.3, 0.4) is 0 Å². The van der Waals surface area contributed by atoms with Crippen LogP contribution in [0.25, 0.3) is 12.2 Å². The Hall–Kier alpha value is -3.03. The molecule has 2 rings (SSSR count). The monoisotopic (exact) mass is 320 g/mol. The van der Waals surface area contributed by atoms with Gasteiger partial charge in [0, 0.05) is 11.6 Å². The highest BCUT2D eigenvalue weighted by Crippen LogP contribution is 2.36. The SMILES string of the molecule is COc1cc(OC)c(OC)cc1/C=C\c1onc(C)c1[N+](=O)[O-]. The van der Waals surface area contributed by atoms with E-state index in [-0.39, 0.29) is 17.1 Å². The molecule has 0 fully saturated rings. The van der Waals surface area contributed by atoms with Gasteiger partial charge in [0.25, 0.3) is 0 Å². The second-order valence-corrected chi connectivity index (χ2v) is 4.52. The van der Waals surface area contributed by atoms with Gasteiger partial charge in [-0.1, -0.05) is 5.16 Å². The van der Waals surface area contributed by atoms with Crippen LogP contribution in [0.1, 0.15) is 17.0 Å². The number of aryl methyl sites for hydroxylation is 1. The Morgan fingerprint density at radius 2 is 1.70 bits per heavy atom. The Labute approximate surface area is 132 Å². The maximum Gasteiger partial charge on any atom is 0.338 e. The van der Waals surface area contributed by atoms with Gasteiger partial charge in [0.15, 0.2) is 17.2 Å². The third-order valence-corrected chi connectivity index (χ3v) is 3.19. The van der Waals surface area contributed by atoms with Crippen LogP contribution in [0, 0.1) is 17.0 Å². The van der Waals surface area contributed by atoms with Crippen molar-refractivity contribution >= 4 is 17.8 Å². The van der Waals surface area contributed by atoms with Gasteiger partial charge < -0.3 is 18.7 Å². The molecule has 1 aromatic heterocycles. The second-order valence-electron chi connectivity index (χ2n) is 4.52. The lowest BCUT2D eigenvalue weighted by Gasteiger charge is -2.11. The highest BCUT2D eigenvalue weighted by Gasteiger charge is 2.22. The molecule has 122 valence electrons. The highest BCUT2D eigenvalue weighted by atomic mass is 16.6. The molecule has 8 nitrogen and oxygen atoms in total. The summed E-state index contributed by atoms with van der Waals surface area (Å²) in [5.74, 6) is 1.61. The van der Waals surface area contributed by atoms with Crippen molar-refractivity contribution in [3.63, 3.8) is 0 Å². The average molecular weight is 320 g/mol. The lowest BCUT2D eigenvalue weighted by atomic mass is 10.1. The van der Waals surface area contributed by atoms with Crippen molar-refractivity contribution < 1.29 is 23.7 Å². The van der Waals surface area contributed by atoms with Gasteiger partial charge >= 0.3 is 5.69 Å². The van der Waals surface area contributed by atoms with Crippen LogP contribution in [0.15, 0.2) is 16.7 Å². The molecule has 0 aliphatic heterocycles. The summed E-state index contributed by atoms with van der Waals surface area (Å²) in [6, 6.07) is 3.36. The minimum absolute atomic E-state index is 0.0596. The minimum Gasteiger partial charge on any atom is -0.496 e. The molecule has 0 amide bonds. The van der Waals surface area contributed by atoms with Crippen molar-refractivity contribution in [3.8, 4) is 17.2 Å². The van der Waals surface area contributed by atoms with E-state index in [2.05, 4.69) is 5.16 Å². The molecule has 0 aliphatic carbocycles. The Morgan fingerprint density at radius 1 is 1.09 bits per heavy atom. The average Bonchev–Trinajstić information content (AvgIpc) is 2.92. The molecular formula is C15H16N2O6. The summed E-state index contributed by atoms with van der Waals surface area (Å²) in [7, 11) is 4.55. The van der Waals surface area contributed by atoms with Crippen molar-refractivity contribution in [1.82, 2.24) is 5.16 Å². The third kappa shape index (κ3) is 3.25. The normalized spacial score (nSPS) is 10.8. The fraction of sp³-hybridized carbons (Fsp3) is 0.267. The third-order valence-electron chi connectivity index (χ3n) is 3.19. The number of aromatic nitrogens is 1. The summed E-state index contributed by atoms with van der Waals surface area (Å²) >= 11 is 0. The highest BCUT2D eigenvalue weighted by molar-refractivity contribution is 5.75. The molecule has 1 aromatic carbocycles. The molecule has 0 radical (unpaired) electrons. The van der Waals surface area contributed by atoms with E-state index in [9.17, 15) is 10.1 Å². The van der Waals surface area contributed by atoms with Crippen molar-refractivity contribution in [3.05, 3.63) is 39.3 Å². The summed E-state index contributed by atoms with van der Waals surface area (Å²) in [5.41, 5.74) is 0.697. The Bertz CT molecular complexity index is 751. The smallest absolute Gasteiger partial charge is 0.338 e. The van der Waals surface area contributed by atoms with Crippen molar-refractivity contribution in [2.75, 3.05) is 21.3 Å². The Balaban J connectivity index is 2.45. The maximum absolute atomic E-state index is 11.0. The molecule has 0 saturated heterocycles. The zero-order chi connectivity index (χ0) is 17.0. The van der Waals surface area contributed by atoms with Crippen LogP contribution in [0.2, 0.25) is 0 Å². The summed E-state index contributed by atoms with van der Waals surface area (Å²) in [6.07, 6.45) is 3.08. The van der Waals surface area contributed by atoms with Gasteiger partial charge in [0.05, 0.1) is 26.3 Å². The zero-order valence-electron chi connectivity index (χ0n) is 13.2. The van der Waals surface area contributed by atoms with Crippen LogP contribution in [0.5, 0.6) is 17.2 Å². The first-order valence-corrected chi connectivity index (χ1v) is 6.60. The second kappa shape index (κ2) is 6.82. The number of rotatable bonds is 6. The van der Waals surface area contributed by atoms with Crippen molar-refractivity contribution in [2.24, 2.45) is 0 Å². The van der Waals surface area contributed by atoms with E-state index in [1.54, 1.807) is 18.2 Å². The standard InChI is InChI=1S/C15H16N2O6/c1-9-15(17(18)19)11(23-16-9)6-5-10-7-13(21-3)14(22-4)8-12(10)20-2/h5-8H,1-4H3/b6-5-. The van der Waals surface area contributed by atoms with Gasteiger partial charge in [-0.3, -0.25) is 10.1 Å². The van der Waals surface area contributed by atoms with E-state index in [1.807, 2.05) is 0 Å². The predicted molar refractivity (Wildman–Crippen MR) is 82.9 cm³/mol. The maximum atomic E-state index is 11.0. The Morgan fingerprint density at radius 3 is 2.26 bits per heavy atom. The van der Waals surface area contributed by atoms with E-state index in [1.165, 1.54) is 34.3 Å². The molecule has 0 bridgehead atoms. The molecule has 0 saturated carbocycles. The number of hydrogen-bond donors (Lipinski definition) is 0. The number of methoxy groups -OCH3 is 3. The molecule has 2 aromatic rings. The fourth-order valence-corrected chi connectivity index (χ4v) is 2.06. The number of hydrogen-bond acceptors (Lipinski definition) is 7. The molecule has 1 heterocycles. The van der Waals surface area contributed by atoms with E-state index < -0.39 is 4.92 Å². The summed E-state index contributed by atoms with van der Waals surface area (Å²) in [5, 5.41) is 14.6. The van der Waals surface area contributed by atoms with E-state index in [4.69, 9.17) is 18.7 Å². The van der Waals surface area contributed by atoms with Gasteiger partial charge in [0.1, 0.15) is 5.75 Å². The van der Waals surface area contributed by atoms with Crippen molar-refractivity contribution in [1.29, 1.82) is 0 Å². The number of benzene rings is 1. The molecule has 0 atom stereocenters. The largest absolute Gasteiger partial charge is 0.496 e. The Kier molecular flexibility index (Phi) is 4.85. The molecule has 0 spiro atoms. The van der Waals surface area contributed by atoms with Crippen LogP contribution in [-0.4, -0.2) is 31.4 Å². The van der Waals surface area contributed by atoms with E-state index >= 15 is 0 Å². The van der Waals surface area contributed by atoms with Crippen LogP contribution in [-0.2, 0) is 0 Å². The summed E-state index contributed by atoms with van der Waals surface area (Å²) in [4.78, 5) is 10.5. The topological polar surface area (TPSA) is 96.9 Å². The molecule has 0 unspecified atom stereocenters. The first-order chi connectivity index (χ1) is 11.0. The lowest BCUT2D eigenvalue weighted by Crippen LogP contribution is -1.94.